The summed E-state index contributed by atoms with van der Waals surface area (Å²) in [5, 5.41) is 4.37. The molecule has 1 aliphatic heterocycles. The molecular formula is C14H15ClN2O3S. The third-order valence-corrected chi connectivity index (χ3v) is 5.73. The molecule has 0 unspecified atom stereocenters. The molecule has 0 aliphatic carbocycles. The van der Waals surface area contributed by atoms with Gasteiger partial charge in [0.05, 0.1) is 10.9 Å². The first-order valence-corrected chi connectivity index (χ1v) is 8.51. The fourth-order valence-corrected chi connectivity index (χ4v) is 4.60. The molecule has 0 amide bonds. The monoisotopic (exact) mass is 326 g/mol. The molecule has 1 atom stereocenters. The molecule has 2 aromatic rings. The Morgan fingerprint density at radius 1 is 1.38 bits per heavy atom. The van der Waals surface area contributed by atoms with E-state index in [0.717, 1.165) is 12.8 Å². The maximum atomic E-state index is 12.8. The molecule has 0 bridgehead atoms. The summed E-state index contributed by atoms with van der Waals surface area (Å²) in [7, 11) is -3.58. The van der Waals surface area contributed by atoms with Crippen LogP contribution >= 0.6 is 11.6 Å². The van der Waals surface area contributed by atoms with E-state index >= 15 is 0 Å². The van der Waals surface area contributed by atoms with Crippen molar-refractivity contribution in [3.05, 3.63) is 46.8 Å². The van der Waals surface area contributed by atoms with E-state index in [2.05, 4.69) is 5.16 Å². The van der Waals surface area contributed by atoms with Gasteiger partial charge in [0, 0.05) is 17.6 Å². The number of hydrogen-bond acceptors (Lipinski definition) is 4. The average Bonchev–Trinajstić information content (AvgIpc) is 3.07. The second kappa shape index (κ2) is 5.44. The number of halogens is 1. The first kappa shape index (κ1) is 14.6. The molecule has 21 heavy (non-hydrogen) atoms. The predicted molar refractivity (Wildman–Crippen MR) is 78.6 cm³/mol. The van der Waals surface area contributed by atoms with Crippen LogP contribution < -0.4 is 0 Å². The third-order valence-electron chi connectivity index (χ3n) is 3.59. The molecule has 2 heterocycles. The first-order valence-electron chi connectivity index (χ1n) is 6.69. The Labute approximate surface area is 128 Å². The fraction of sp³-hybridized carbons (Fsp3) is 0.357. The van der Waals surface area contributed by atoms with Crippen molar-refractivity contribution < 1.29 is 12.9 Å². The summed E-state index contributed by atoms with van der Waals surface area (Å²) < 4.78 is 32.1. The van der Waals surface area contributed by atoms with E-state index in [1.165, 1.54) is 10.4 Å². The molecule has 0 spiro atoms. The van der Waals surface area contributed by atoms with E-state index in [1.54, 1.807) is 31.2 Å². The van der Waals surface area contributed by atoms with Gasteiger partial charge in [-0.15, -0.1) is 0 Å². The van der Waals surface area contributed by atoms with Gasteiger partial charge in [0.1, 0.15) is 11.5 Å². The lowest BCUT2D eigenvalue weighted by Crippen LogP contribution is -2.30. The Morgan fingerprint density at radius 2 is 2.19 bits per heavy atom. The van der Waals surface area contributed by atoms with Gasteiger partial charge in [0.15, 0.2) is 0 Å². The number of rotatable bonds is 3. The zero-order valence-corrected chi connectivity index (χ0v) is 13.1. The highest BCUT2D eigenvalue weighted by molar-refractivity contribution is 7.89. The van der Waals surface area contributed by atoms with Gasteiger partial charge in [-0.25, -0.2) is 8.42 Å². The molecule has 7 heteroatoms. The number of hydrogen-bond donors (Lipinski definition) is 0. The van der Waals surface area contributed by atoms with E-state index in [0.29, 0.717) is 23.0 Å². The molecular weight excluding hydrogens is 312 g/mol. The SMILES string of the molecule is Cc1cc([C@@H]2CCCN2S(=O)(=O)c2cccc(Cl)c2)no1. The van der Waals surface area contributed by atoms with Crippen molar-refractivity contribution in [2.45, 2.75) is 30.7 Å². The molecule has 112 valence electrons. The minimum atomic E-state index is -3.58. The van der Waals surface area contributed by atoms with Crippen LogP contribution in [-0.4, -0.2) is 24.4 Å². The Hall–Kier alpha value is -1.37. The van der Waals surface area contributed by atoms with Crippen molar-refractivity contribution >= 4 is 21.6 Å². The van der Waals surface area contributed by atoms with Crippen LogP contribution in [0.2, 0.25) is 5.02 Å². The number of aromatic nitrogens is 1. The third kappa shape index (κ3) is 2.71. The zero-order chi connectivity index (χ0) is 15.0. The quantitative estimate of drug-likeness (QED) is 0.869. The Morgan fingerprint density at radius 3 is 2.86 bits per heavy atom. The van der Waals surface area contributed by atoms with E-state index in [1.807, 2.05) is 0 Å². The highest BCUT2D eigenvalue weighted by Gasteiger charge is 2.37. The van der Waals surface area contributed by atoms with Gasteiger partial charge >= 0.3 is 0 Å². The van der Waals surface area contributed by atoms with Crippen LogP contribution in [0.3, 0.4) is 0 Å². The summed E-state index contributed by atoms with van der Waals surface area (Å²) in [5.74, 6) is 0.678. The standard InChI is InChI=1S/C14H15ClN2O3S/c1-10-8-13(16-20-10)14-6-3-7-17(14)21(18,19)12-5-2-4-11(15)9-12/h2,4-5,8-9,14H,3,6-7H2,1H3/t14-/m0/s1. The van der Waals surface area contributed by atoms with Crippen molar-refractivity contribution in [3.8, 4) is 0 Å². The van der Waals surface area contributed by atoms with Crippen LogP contribution in [0.1, 0.15) is 30.3 Å². The van der Waals surface area contributed by atoms with Gasteiger partial charge in [-0.2, -0.15) is 4.31 Å². The largest absolute Gasteiger partial charge is 0.361 e. The van der Waals surface area contributed by atoms with E-state index < -0.39 is 10.0 Å². The van der Waals surface area contributed by atoms with Crippen LogP contribution in [0, 0.1) is 6.92 Å². The van der Waals surface area contributed by atoms with Gasteiger partial charge in [-0.3, -0.25) is 0 Å². The summed E-state index contributed by atoms with van der Waals surface area (Å²) >= 11 is 5.90. The number of benzene rings is 1. The predicted octanol–water partition coefficient (Wildman–Crippen LogP) is 3.16. The molecule has 1 fully saturated rings. The van der Waals surface area contributed by atoms with Crippen LogP contribution in [-0.2, 0) is 10.0 Å². The lowest BCUT2D eigenvalue weighted by Gasteiger charge is -2.22. The van der Waals surface area contributed by atoms with Gasteiger partial charge in [0.2, 0.25) is 10.0 Å². The molecule has 1 aromatic carbocycles. The summed E-state index contributed by atoms with van der Waals surface area (Å²) in [6.45, 7) is 2.27. The van der Waals surface area contributed by atoms with Crippen molar-refractivity contribution in [3.63, 3.8) is 0 Å². The Balaban J connectivity index is 1.98. The molecule has 0 N–H and O–H groups in total. The highest BCUT2D eigenvalue weighted by atomic mass is 35.5. The molecule has 1 aliphatic rings. The van der Waals surface area contributed by atoms with Crippen molar-refractivity contribution in [1.82, 2.24) is 9.46 Å². The maximum absolute atomic E-state index is 12.8. The molecule has 1 aromatic heterocycles. The first-order chi connectivity index (χ1) is 9.98. The number of nitrogens with zero attached hydrogens (tertiary/aromatic N) is 2. The normalized spacial score (nSPS) is 20.0. The molecule has 0 saturated carbocycles. The van der Waals surface area contributed by atoms with Crippen LogP contribution in [0.5, 0.6) is 0 Å². The number of aryl methyl sites for hydroxylation is 1. The minimum Gasteiger partial charge on any atom is -0.361 e. The fourth-order valence-electron chi connectivity index (χ4n) is 2.63. The lowest BCUT2D eigenvalue weighted by molar-refractivity contribution is 0.349. The van der Waals surface area contributed by atoms with Crippen molar-refractivity contribution in [2.24, 2.45) is 0 Å². The Bertz CT molecular complexity index is 757. The van der Waals surface area contributed by atoms with E-state index in [4.69, 9.17) is 16.1 Å². The van der Waals surface area contributed by atoms with Gasteiger partial charge in [-0.05, 0) is 38.0 Å². The molecule has 5 nitrogen and oxygen atoms in total. The van der Waals surface area contributed by atoms with E-state index in [9.17, 15) is 8.42 Å². The van der Waals surface area contributed by atoms with Crippen molar-refractivity contribution in [1.29, 1.82) is 0 Å². The molecule has 1 saturated heterocycles. The topological polar surface area (TPSA) is 63.4 Å². The van der Waals surface area contributed by atoms with Crippen LogP contribution in [0.25, 0.3) is 0 Å². The number of sulfonamides is 1. The maximum Gasteiger partial charge on any atom is 0.243 e. The zero-order valence-electron chi connectivity index (χ0n) is 11.5. The smallest absolute Gasteiger partial charge is 0.243 e. The summed E-state index contributed by atoms with van der Waals surface area (Å²) in [6.07, 6.45) is 1.54. The summed E-state index contributed by atoms with van der Waals surface area (Å²) in [6, 6.07) is 7.84. The average molecular weight is 327 g/mol. The van der Waals surface area contributed by atoms with Crippen LogP contribution in [0.4, 0.5) is 0 Å². The minimum absolute atomic E-state index is 0.210. The second-order valence-electron chi connectivity index (χ2n) is 5.09. The van der Waals surface area contributed by atoms with Gasteiger partial charge in [-0.1, -0.05) is 22.8 Å². The lowest BCUT2D eigenvalue weighted by atomic mass is 10.1. The van der Waals surface area contributed by atoms with Crippen LogP contribution in [0.15, 0.2) is 39.8 Å². The van der Waals surface area contributed by atoms with Gasteiger partial charge < -0.3 is 4.52 Å². The Kier molecular flexibility index (Phi) is 3.77. The summed E-state index contributed by atoms with van der Waals surface area (Å²) in [5.41, 5.74) is 0.663. The van der Waals surface area contributed by atoms with Gasteiger partial charge in [0.25, 0.3) is 0 Å². The van der Waals surface area contributed by atoms with E-state index in [-0.39, 0.29) is 10.9 Å². The second-order valence-corrected chi connectivity index (χ2v) is 7.42. The molecule has 3 rings (SSSR count). The highest BCUT2D eigenvalue weighted by Crippen LogP contribution is 2.36. The summed E-state index contributed by atoms with van der Waals surface area (Å²) in [4.78, 5) is 0.210. The molecule has 0 radical (unpaired) electrons. The van der Waals surface area contributed by atoms with Crippen molar-refractivity contribution in [2.75, 3.05) is 6.54 Å².